The second-order valence-electron chi connectivity index (χ2n) is 8.37. The first-order valence-electron chi connectivity index (χ1n) is 11.2. The van der Waals surface area contributed by atoms with Gasteiger partial charge in [-0.05, 0) is 48.8 Å². The Morgan fingerprint density at radius 3 is 2.39 bits per heavy atom. The zero-order valence-corrected chi connectivity index (χ0v) is 19.9. The SMILES string of the molecule is CC(NC(=S)N(CCCN1CCOCC1)Cc1ccc(N(C)C)cc1)c1ccccc1. The number of hydrogen-bond acceptors (Lipinski definition) is 4. The minimum Gasteiger partial charge on any atom is -0.379 e. The van der Waals surface area contributed by atoms with Crippen LogP contribution in [0.4, 0.5) is 5.69 Å². The van der Waals surface area contributed by atoms with Gasteiger partial charge in [0.05, 0.1) is 19.3 Å². The highest BCUT2D eigenvalue weighted by Gasteiger charge is 2.16. The molecular weight excluding hydrogens is 404 g/mol. The Morgan fingerprint density at radius 2 is 1.74 bits per heavy atom. The summed E-state index contributed by atoms with van der Waals surface area (Å²) in [6.07, 6.45) is 1.08. The van der Waals surface area contributed by atoms with E-state index < -0.39 is 0 Å². The fourth-order valence-corrected chi connectivity index (χ4v) is 4.12. The molecule has 0 aromatic heterocycles. The molecule has 3 rings (SSSR count). The van der Waals surface area contributed by atoms with Crippen molar-refractivity contribution in [3.05, 3.63) is 65.7 Å². The average molecular weight is 441 g/mol. The molecule has 6 heteroatoms. The normalized spacial score (nSPS) is 15.3. The van der Waals surface area contributed by atoms with Crippen LogP contribution in [0, 0.1) is 0 Å². The molecule has 1 heterocycles. The average Bonchev–Trinajstić information content (AvgIpc) is 2.80. The van der Waals surface area contributed by atoms with E-state index in [-0.39, 0.29) is 6.04 Å². The van der Waals surface area contributed by atoms with Crippen molar-refractivity contribution < 1.29 is 4.74 Å². The van der Waals surface area contributed by atoms with Gasteiger partial charge in [-0.25, -0.2) is 0 Å². The van der Waals surface area contributed by atoms with Crippen LogP contribution >= 0.6 is 12.2 Å². The van der Waals surface area contributed by atoms with Crippen LogP contribution in [0.3, 0.4) is 0 Å². The van der Waals surface area contributed by atoms with Crippen molar-refractivity contribution >= 4 is 23.0 Å². The third kappa shape index (κ3) is 7.49. The Labute approximate surface area is 193 Å². The lowest BCUT2D eigenvalue weighted by molar-refractivity contribution is 0.0367. The lowest BCUT2D eigenvalue weighted by Crippen LogP contribution is -2.42. The van der Waals surface area contributed by atoms with E-state index in [9.17, 15) is 0 Å². The smallest absolute Gasteiger partial charge is 0.169 e. The van der Waals surface area contributed by atoms with Crippen molar-refractivity contribution in [2.75, 3.05) is 58.4 Å². The summed E-state index contributed by atoms with van der Waals surface area (Å²) >= 11 is 5.86. The van der Waals surface area contributed by atoms with Crippen molar-refractivity contribution in [1.82, 2.24) is 15.1 Å². The van der Waals surface area contributed by atoms with E-state index in [2.05, 4.69) is 89.6 Å². The number of morpholine rings is 1. The summed E-state index contributed by atoms with van der Waals surface area (Å²) in [6.45, 7) is 8.73. The highest BCUT2D eigenvalue weighted by atomic mass is 32.1. The largest absolute Gasteiger partial charge is 0.379 e. The first-order chi connectivity index (χ1) is 15.0. The van der Waals surface area contributed by atoms with Gasteiger partial charge in [-0.3, -0.25) is 4.90 Å². The molecule has 1 fully saturated rings. The first-order valence-corrected chi connectivity index (χ1v) is 11.6. The third-order valence-corrected chi connectivity index (χ3v) is 6.14. The molecular formula is C25H36N4OS. The van der Waals surface area contributed by atoms with Gasteiger partial charge in [-0.2, -0.15) is 0 Å². The standard InChI is InChI=1S/C25H36N4OS/c1-21(23-8-5-4-6-9-23)26-25(31)29(15-7-14-28-16-18-30-19-17-28)20-22-10-12-24(13-11-22)27(2)3/h4-6,8-13,21H,7,14-20H2,1-3H3,(H,26,31). The number of rotatable bonds is 9. The van der Waals surface area contributed by atoms with Crippen LogP contribution in [-0.2, 0) is 11.3 Å². The van der Waals surface area contributed by atoms with E-state index in [1.165, 1.54) is 16.8 Å². The van der Waals surface area contributed by atoms with Gasteiger partial charge < -0.3 is 19.9 Å². The van der Waals surface area contributed by atoms with Crippen LogP contribution in [0.5, 0.6) is 0 Å². The minimum absolute atomic E-state index is 0.173. The van der Waals surface area contributed by atoms with Crippen molar-refractivity contribution in [2.24, 2.45) is 0 Å². The van der Waals surface area contributed by atoms with Crippen molar-refractivity contribution in [3.8, 4) is 0 Å². The molecule has 0 aliphatic carbocycles. The van der Waals surface area contributed by atoms with Gasteiger partial charge in [-0.1, -0.05) is 42.5 Å². The predicted octanol–water partition coefficient (Wildman–Crippen LogP) is 3.91. The lowest BCUT2D eigenvalue weighted by Gasteiger charge is -2.31. The lowest BCUT2D eigenvalue weighted by atomic mass is 10.1. The fraction of sp³-hybridized carbons (Fsp3) is 0.480. The molecule has 0 radical (unpaired) electrons. The molecule has 168 valence electrons. The zero-order valence-electron chi connectivity index (χ0n) is 19.1. The third-order valence-electron chi connectivity index (χ3n) is 5.76. The van der Waals surface area contributed by atoms with Crippen molar-refractivity contribution in [2.45, 2.75) is 25.9 Å². The first kappa shape index (κ1) is 23.5. The molecule has 1 aliphatic rings. The number of nitrogens with one attached hydrogen (secondary N) is 1. The summed E-state index contributed by atoms with van der Waals surface area (Å²) in [7, 11) is 4.13. The van der Waals surface area contributed by atoms with E-state index in [0.717, 1.165) is 57.5 Å². The molecule has 5 nitrogen and oxygen atoms in total. The number of nitrogens with zero attached hydrogens (tertiary/aromatic N) is 3. The van der Waals surface area contributed by atoms with Crippen LogP contribution in [0.25, 0.3) is 0 Å². The predicted molar refractivity (Wildman–Crippen MR) is 134 cm³/mol. The number of hydrogen-bond donors (Lipinski definition) is 1. The molecule has 1 aliphatic heterocycles. The molecule has 1 saturated heterocycles. The Hall–Kier alpha value is -2.15. The van der Waals surface area contributed by atoms with Gasteiger partial charge in [0.25, 0.3) is 0 Å². The summed E-state index contributed by atoms with van der Waals surface area (Å²) in [5.41, 5.74) is 3.72. The van der Waals surface area contributed by atoms with E-state index >= 15 is 0 Å². The summed E-state index contributed by atoms with van der Waals surface area (Å²) < 4.78 is 5.47. The number of benzene rings is 2. The van der Waals surface area contributed by atoms with Crippen LogP contribution in [0.15, 0.2) is 54.6 Å². The minimum atomic E-state index is 0.173. The van der Waals surface area contributed by atoms with Crippen LogP contribution < -0.4 is 10.2 Å². The quantitative estimate of drug-likeness (QED) is 0.595. The van der Waals surface area contributed by atoms with Crippen LogP contribution in [-0.4, -0.2) is 68.4 Å². The molecule has 0 saturated carbocycles. The molecule has 0 amide bonds. The molecule has 2 aromatic carbocycles. The van der Waals surface area contributed by atoms with Gasteiger partial charge in [-0.15, -0.1) is 0 Å². The van der Waals surface area contributed by atoms with Gasteiger partial charge in [0.2, 0.25) is 0 Å². The number of anilines is 1. The molecule has 0 spiro atoms. The Balaban J connectivity index is 1.62. The van der Waals surface area contributed by atoms with Gasteiger partial charge >= 0.3 is 0 Å². The molecule has 1 atom stereocenters. The van der Waals surface area contributed by atoms with Crippen molar-refractivity contribution in [3.63, 3.8) is 0 Å². The second-order valence-corrected chi connectivity index (χ2v) is 8.76. The molecule has 1 unspecified atom stereocenters. The Kier molecular flexibility index (Phi) is 9.13. The zero-order chi connectivity index (χ0) is 22.1. The molecule has 1 N–H and O–H groups in total. The van der Waals surface area contributed by atoms with Crippen molar-refractivity contribution in [1.29, 1.82) is 0 Å². The number of ether oxygens (including phenoxy) is 1. The summed E-state index contributed by atoms with van der Waals surface area (Å²) in [6, 6.07) is 19.4. The summed E-state index contributed by atoms with van der Waals surface area (Å²) in [4.78, 5) is 6.91. The maximum atomic E-state index is 5.86. The monoisotopic (exact) mass is 440 g/mol. The molecule has 2 aromatic rings. The van der Waals surface area contributed by atoms with Gasteiger partial charge in [0.15, 0.2) is 5.11 Å². The summed E-state index contributed by atoms with van der Waals surface area (Å²) in [5.74, 6) is 0. The van der Waals surface area contributed by atoms with E-state index in [4.69, 9.17) is 17.0 Å². The molecule has 31 heavy (non-hydrogen) atoms. The van der Waals surface area contributed by atoms with E-state index in [1.54, 1.807) is 0 Å². The Morgan fingerprint density at radius 1 is 1.06 bits per heavy atom. The second kappa shape index (κ2) is 12.0. The van der Waals surface area contributed by atoms with Crippen LogP contribution in [0.2, 0.25) is 0 Å². The van der Waals surface area contributed by atoms with Crippen LogP contribution in [0.1, 0.15) is 30.5 Å². The number of thiocarbonyl (C=S) groups is 1. The summed E-state index contributed by atoms with van der Waals surface area (Å²) in [5, 5.41) is 4.36. The van der Waals surface area contributed by atoms with Gasteiger partial charge in [0, 0.05) is 52.5 Å². The Bertz CT molecular complexity index is 791. The maximum Gasteiger partial charge on any atom is 0.169 e. The van der Waals surface area contributed by atoms with Gasteiger partial charge in [0.1, 0.15) is 0 Å². The highest BCUT2D eigenvalue weighted by Crippen LogP contribution is 2.16. The highest BCUT2D eigenvalue weighted by molar-refractivity contribution is 7.80. The van der Waals surface area contributed by atoms with E-state index in [0.29, 0.717) is 0 Å². The topological polar surface area (TPSA) is 31.0 Å². The van der Waals surface area contributed by atoms with E-state index in [1.807, 2.05) is 6.07 Å². The molecule has 0 bridgehead atoms. The fourth-order valence-electron chi connectivity index (χ4n) is 3.78. The maximum absolute atomic E-state index is 5.86.